The Morgan fingerprint density at radius 3 is 2.21 bits per heavy atom. The van der Waals surface area contributed by atoms with Gasteiger partial charge in [0.1, 0.15) is 0 Å². The molecule has 1 aliphatic rings. The van der Waals surface area contributed by atoms with Gasteiger partial charge in [-0.25, -0.2) is 4.98 Å². The Hall–Kier alpha value is -2.75. The molecule has 4 nitrogen and oxygen atoms in total. The van der Waals surface area contributed by atoms with Gasteiger partial charge in [0, 0.05) is 31.2 Å². The third-order valence-corrected chi connectivity index (χ3v) is 4.40. The van der Waals surface area contributed by atoms with Crippen LogP contribution in [-0.4, -0.2) is 28.0 Å². The molecule has 0 aliphatic carbocycles. The van der Waals surface area contributed by atoms with E-state index in [1.807, 2.05) is 42.6 Å². The van der Waals surface area contributed by atoms with Crippen molar-refractivity contribution in [3.63, 3.8) is 0 Å². The summed E-state index contributed by atoms with van der Waals surface area (Å²) >= 11 is 0. The van der Waals surface area contributed by atoms with Gasteiger partial charge in [-0.1, -0.05) is 12.1 Å². The van der Waals surface area contributed by atoms with Gasteiger partial charge >= 0.3 is 0 Å². The van der Waals surface area contributed by atoms with Crippen molar-refractivity contribution in [1.82, 2.24) is 15.0 Å². The van der Waals surface area contributed by atoms with Crippen molar-refractivity contribution in [2.75, 3.05) is 18.0 Å². The Bertz CT molecular complexity index is 811. The monoisotopic (exact) mass is 316 g/mol. The molecule has 1 fully saturated rings. The summed E-state index contributed by atoms with van der Waals surface area (Å²) < 4.78 is 0. The van der Waals surface area contributed by atoms with Gasteiger partial charge < -0.3 is 4.90 Å². The highest BCUT2D eigenvalue weighted by Gasteiger charge is 2.12. The van der Waals surface area contributed by atoms with E-state index >= 15 is 0 Å². The smallest absolute Gasteiger partial charge is 0.0907 e. The van der Waals surface area contributed by atoms with Crippen molar-refractivity contribution in [1.29, 1.82) is 0 Å². The minimum atomic E-state index is 0.873. The van der Waals surface area contributed by atoms with Crippen molar-refractivity contribution < 1.29 is 0 Å². The topological polar surface area (TPSA) is 41.9 Å². The van der Waals surface area contributed by atoms with Gasteiger partial charge in [-0.05, 0) is 55.7 Å². The van der Waals surface area contributed by atoms with Gasteiger partial charge in [-0.3, -0.25) is 9.97 Å². The average molecular weight is 316 g/mol. The molecule has 0 aromatic carbocycles. The van der Waals surface area contributed by atoms with Crippen LogP contribution in [0.3, 0.4) is 0 Å². The number of hydrogen-bond donors (Lipinski definition) is 0. The zero-order valence-electron chi connectivity index (χ0n) is 13.6. The van der Waals surface area contributed by atoms with Crippen LogP contribution in [0, 0.1) is 0 Å². The molecular weight excluding hydrogens is 296 g/mol. The number of hydrogen-bond acceptors (Lipinski definition) is 4. The molecule has 3 aromatic rings. The molecule has 4 heteroatoms. The van der Waals surface area contributed by atoms with Crippen LogP contribution < -0.4 is 4.90 Å². The fourth-order valence-corrected chi connectivity index (χ4v) is 3.14. The minimum Gasteiger partial charge on any atom is -0.371 e. The van der Waals surface area contributed by atoms with E-state index in [-0.39, 0.29) is 0 Å². The Labute approximate surface area is 142 Å². The maximum atomic E-state index is 4.76. The molecule has 0 bridgehead atoms. The van der Waals surface area contributed by atoms with Crippen LogP contribution in [-0.2, 0) is 0 Å². The fraction of sp³-hybridized carbons (Fsp3) is 0.250. The van der Waals surface area contributed by atoms with Crippen LogP contribution in [0.25, 0.3) is 22.8 Å². The van der Waals surface area contributed by atoms with E-state index in [0.29, 0.717) is 0 Å². The summed E-state index contributed by atoms with van der Waals surface area (Å²) in [5.74, 6) is 0. The van der Waals surface area contributed by atoms with E-state index in [1.165, 1.54) is 24.9 Å². The normalized spacial score (nSPS) is 14.6. The lowest BCUT2D eigenvalue weighted by molar-refractivity contribution is 0.578. The Kier molecular flexibility index (Phi) is 4.19. The van der Waals surface area contributed by atoms with E-state index in [4.69, 9.17) is 4.98 Å². The maximum Gasteiger partial charge on any atom is 0.0907 e. The molecule has 0 atom stereocenters. The maximum absolute atomic E-state index is 4.76. The van der Waals surface area contributed by atoms with Crippen molar-refractivity contribution in [3.05, 3.63) is 60.9 Å². The van der Waals surface area contributed by atoms with Crippen LogP contribution in [0.2, 0.25) is 0 Å². The summed E-state index contributed by atoms with van der Waals surface area (Å²) in [6, 6.07) is 16.1. The van der Waals surface area contributed by atoms with Crippen LogP contribution in [0.5, 0.6) is 0 Å². The van der Waals surface area contributed by atoms with E-state index in [2.05, 4.69) is 27.0 Å². The first-order valence-electron chi connectivity index (χ1n) is 8.50. The van der Waals surface area contributed by atoms with Crippen molar-refractivity contribution in [3.8, 4) is 22.8 Å². The lowest BCUT2D eigenvalue weighted by Gasteiger charge is -2.28. The van der Waals surface area contributed by atoms with E-state index in [9.17, 15) is 0 Å². The van der Waals surface area contributed by atoms with Gasteiger partial charge in [0.2, 0.25) is 0 Å². The molecule has 120 valence electrons. The van der Waals surface area contributed by atoms with E-state index < -0.39 is 0 Å². The molecule has 0 amide bonds. The van der Waals surface area contributed by atoms with Crippen molar-refractivity contribution >= 4 is 5.69 Å². The van der Waals surface area contributed by atoms with Gasteiger partial charge in [0.05, 0.1) is 22.8 Å². The Morgan fingerprint density at radius 2 is 1.42 bits per heavy atom. The molecule has 4 rings (SSSR count). The number of piperidine rings is 1. The molecule has 1 aliphatic heterocycles. The molecular formula is C20H20N4. The van der Waals surface area contributed by atoms with Crippen molar-refractivity contribution in [2.24, 2.45) is 0 Å². The molecule has 0 N–H and O–H groups in total. The van der Waals surface area contributed by atoms with Gasteiger partial charge in [0.15, 0.2) is 0 Å². The number of rotatable bonds is 3. The SMILES string of the molecule is c1ccc(-c2cccc(-c3cc(N4CCCCC4)ccn3)n2)nc1. The Morgan fingerprint density at radius 1 is 0.667 bits per heavy atom. The summed E-state index contributed by atoms with van der Waals surface area (Å²) in [5.41, 5.74) is 4.79. The van der Waals surface area contributed by atoms with Crippen molar-refractivity contribution in [2.45, 2.75) is 19.3 Å². The fourth-order valence-electron chi connectivity index (χ4n) is 3.14. The predicted molar refractivity (Wildman–Crippen MR) is 96.8 cm³/mol. The summed E-state index contributed by atoms with van der Waals surface area (Å²) in [6.45, 7) is 2.26. The zero-order chi connectivity index (χ0) is 16.2. The number of aromatic nitrogens is 3. The number of anilines is 1. The lowest BCUT2D eigenvalue weighted by Crippen LogP contribution is -2.29. The van der Waals surface area contributed by atoms with Crippen LogP contribution in [0.4, 0.5) is 5.69 Å². The molecule has 0 spiro atoms. The van der Waals surface area contributed by atoms with Gasteiger partial charge in [-0.2, -0.15) is 0 Å². The summed E-state index contributed by atoms with van der Waals surface area (Å²) in [7, 11) is 0. The van der Waals surface area contributed by atoms with E-state index in [1.54, 1.807) is 6.20 Å². The average Bonchev–Trinajstić information content (AvgIpc) is 2.70. The molecule has 4 heterocycles. The number of nitrogens with zero attached hydrogens (tertiary/aromatic N) is 4. The third-order valence-electron chi connectivity index (χ3n) is 4.40. The quantitative estimate of drug-likeness (QED) is 0.726. The van der Waals surface area contributed by atoms with Crippen LogP contribution in [0.1, 0.15) is 19.3 Å². The molecule has 0 unspecified atom stereocenters. The second-order valence-electron chi connectivity index (χ2n) is 6.07. The molecule has 1 saturated heterocycles. The first-order valence-corrected chi connectivity index (χ1v) is 8.50. The highest BCUT2D eigenvalue weighted by atomic mass is 15.1. The molecule has 24 heavy (non-hydrogen) atoms. The summed E-state index contributed by atoms with van der Waals surface area (Å²) in [4.78, 5) is 16.1. The molecule has 0 saturated carbocycles. The minimum absolute atomic E-state index is 0.873. The van der Waals surface area contributed by atoms with E-state index in [0.717, 1.165) is 35.9 Å². The van der Waals surface area contributed by atoms with Crippen LogP contribution in [0.15, 0.2) is 60.9 Å². The second-order valence-corrected chi connectivity index (χ2v) is 6.07. The zero-order valence-corrected chi connectivity index (χ0v) is 13.6. The van der Waals surface area contributed by atoms with Gasteiger partial charge in [-0.15, -0.1) is 0 Å². The number of pyridine rings is 3. The summed E-state index contributed by atoms with van der Waals surface area (Å²) in [5, 5.41) is 0. The summed E-state index contributed by atoms with van der Waals surface area (Å²) in [6.07, 6.45) is 7.55. The molecule has 0 radical (unpaired) electrons. The third kappa shape index (κ3) is 3.13. The highest BCUT2D eigenvalue weighted by Crippen LogP contribution is 2.25. The van der Waals surface area contributed by atoms with Gasteiger partial charge in [0.25, 0.3) is 0 Å². The molecule has 3 aromatic heterocycles. The Balaban J connectivity index is 1.66. The first kappa shape index (κ1) is 14.8. The predicted octanol–water partition coefficient (Wildman–Crippen LogP) is 4.20. The largest absolute Gasteiger partial charge is 0.371 e. The first-order chi connectivity index (χ1) is 11.9. The highest BCUT2D eigenvalue weighted by molar-refractivity contribution is 5.65. The lowest BCUT2D eigenvalue weighted by atomic mass is 10.1. The second kappa shape index (κ2) is 6.79. The standard InChI is InChI=1S/C20H20N4/c1-4-13-24(14-5-1)16-10-12-22-20(15-16)19-9-6-8-18(23-19)17-7-2-3-11-21-17/h2-3,6-12,15H,1,4-5,13-14H2. The van der Waals surface area contributed by atoms with Crippen LogP contribution >= 0.6 is 0 Å².